The number of hydrogen-bond acceptors (Lipinski definition) is 3. The van der Waals surface area contributed by atoms with Crippen LogP contribution in [0.2, 0.25) is 0 Å². The monoisotopic (exact) mass is 287 g/mol. The van der Waals surface area contributed by atoms with Gasteiger partial charge in [-0.3, -0.25) is 4.79 Å². The van der Waals surface area contributed by atoms with Crippen LogP contribution in [0.5, 0.6) is 0 Å². The molecule has 0 saturated heterocycles. The number of nitrogens with one attached hydrogen (secondary N) is 1. The van der Waals surface area contributed by atoms with Gasteiger partial charge in [-0.25, -0.2) is 0 Å². The number of carbonyl (C=O) groups excluding carboxylic acids is 1. The van der Waals surface area contributed by atoms with Gasteiger partial charge >= 0.3 is 0 Å². The zero-order valence-corrected chi connectivity index (χ0v) is 14.6. The maximum atomic E-state index is 13.1. The summed E-state index contributed by atoms with van der Waals surface area (Å²) in [6.07, 6.45) is 2.31. The van der Waals surface area contributed by atoms with Crippen LogP contribution >= 0.6 is 0 Å². The van der Waals surface area contributed by atoms with E-state index in [0.717, 1.165) is 19.3 Å². The quantitative estimate of drug-likeness (QED) is 0.596. The van der Waals surface area contributed by atoms with Gasteiger partial charge in [0.2, 0.25) is 0 Å². The van der Waals surface area contributed by atoms with Crippen molar-refractivity contribution >= 4 is 28.5 Å². The smallest absolute Gasteiger partial charge is 0.146 e. The van der Waals surface area contributed by atoms with Gasteiger partial charge in [-0.2, -0.15) is 0 Å². The van der Waals surface area contributed by atoms with Gasteiger partial charge in [-0.15, -0.1) is 0 Å². The lowest BCUT2D eigenvalue weighted by molar-refractivity contribution is -0.132. The molecule has 0 aliphatic heterocycles. The van der Waals surface area contributed by atoms with Crippen LogP contribution in [0, 0.1) is 11.3 Å². The van der Waals surface area contributed by atoms with Crippen molar-refractivity contribution in [2.75, 3.05) is 0 Å². The molecule has 0 aliphatic rings. The second-order valence-electron chi connectivity index (χ2n) is 6.49. The molecule has 0 aliphatic carbocycles. The zero-order chi connectivity index (χ0) is 16.8. The minimum absolute atomic E-state index is 0.130. The molecule has 0 spiro atoms. The summed E-state index contributed by atoms with van der Waals surface area (Å²) in [4.78, 5) is 13.1. The second kappa shape index (κ2) is 8.43. The minimum Gasteiger partial charge on any atom is -0.334 e. The maximum Gasteiger partial charge on any atom is 0.146 e. The first-order valence-corrected chi connectivity index (χ1v) is 8.03. The maximum absolute atomic E-state index is 13.1. The lowest BCUT2D eigenvalue weighted by Crippen LogP contribution is -2.64. The van der Waals surface area contributed by atoms with Gasteiger partial charge in [0.1, 0.15) is 5.78 Å². The molecular weight excluding hydrogens is 257 g/mol. The summed E-state index contributed by atoms with van der Waals surface area (Å²) >= 11 is 0. The van der Waals surface area contributed by atoms with Gasteiger partial charge < -0.3 is 11.1 Å². The molecule has 21 heavy (non-hydrogen) atoms. The summed E-state index contributed by atoms with van der Waals surface area (Å²) in [6, 6.07) is 0. The lowest BCUT2D eigenvalue weighted by Gasteiger charge is -2.42. The molecule has 115 valence electrons. The fourth-order valence-electron chi connectivity index (χ4n) is 3.00. The molecule has 3 N–H and O–H groups in total. The first kappa shape index (κ1) is 20.8. The standard InChI is InChI=1S/C15H30B3N2O/c1-7-14(6,13(16)19)20-12(18-17)11(21)15(8-2,9-3)10(4)5/h10,12-13,20H,7-9,19H2,1-6H3. The Morgan fingerprint density at radius 1 is 1.24 bits per heavy atom. The van der Waals surface area contributed by atoms with E-state index in [2.05, 4.69) is 33.0 Å². The van der Waals surface area contributed by atoms with Crippen molar-refractivity contribution in [1.82, 2.24) is 5.32 Å². The van der Waals surface area contributed by atoms with E-state index in [-0.39, 0.29) is 17.1 Å². The Bertz CT molecular complexity index is 333. The van der Waals surface area contributed by atoms with E-state index >= 15 is 0 Å². The molecule has 0 aromatic carbocycles. The summed E-state index contributed by atoms with van der Waals surface area (Å²) in [6.45, 7) is 12.2. The Morgan fingerprint density at radius 3 is 1.95 bits per heavy atom. The molecule has 0 bridgehead atoms. The number of carbonyl (C=O) groups is 1. The third-order valence-electron chi connectivity index (χ3n) is 5.29. The van der Waals surface area contributed by atoms with Gasteiger partial charge in [0.05, 0.1) is 15.0 Å². The van der Waals surface area contributed by atoms with Gasteiger partial charge in [-0.05, 0) is 38.0 Å². The molecule has 5 radical (unpaired) electrons. The highest BCUT2D eigenvalue weighted by Gasteiger charge is 2.42. The Hall–Kier alpha value is -0.215. The van der Waals surface area contributed by atoms with E-state index in [1.807, 2.05) is 13.8 Å². The number of rotatable bonds is 10. The van der Waals surface area contributed by atoms with Crippen LogP contribution in [-0.2, 0) is 4.79 Å². The van der Waals surface area contributed by atoms with Crippen LogP contribution in [0.1, 0.15) is 60.8 Å². The summed E-state index contributed by atoms with van der Waals surface area (Å²) in [5.41, 5.74) is 4.97. The van der Waals surface area contributed by atoms with Gasteiger partial charge in [-0.1, -0.05) is 34.6 Å². The van der Waals surface area contributed by atoms with Crippen molar-refractivity contribution in [2.24, 2.45) is 17.1 Å². The van der Waals surface area contributed by atoms with Crippen molar-refractivity contribution in [2.45, 2.75) is 78.2 Å². The molecule has 0 aromatic heterocycles. The van der Waals surface area contributed by atoms with Gasteiger partial charge in [0.25, 0.3) is 0 Å². The molecule has 0 heterocycles. The van der Waals surface area contributed by atoms with Crippen molar-refractivity contribution in [3.05, 3.63) is 0 Å². The molecule has 3 atom stereocenters. The van der Waals surface area contributed by atoms with Gasteiger partial charge in [0.15, 0.2) is 0 Å². The van der Waals surface area contributed by atoms with E-state index < -0.39 is 17.4 Å². The van der Waals surface area contributed by atoms with E-state index in [4.69, 9.17) is 21.3 Å². The molecule has 6 heteroatoms. The second-order valence-corrected chi connectivity index (χ2v) is 6.49. The van der Waals surface area contributed by atoms with Gasteiger partial charge in [0, 0.05) is 24.6 Å². The average Bonchev–Trinajstić information content (AvgIpc) is 2.45. The van der Waals surface area contributed by atoms with E-state index in [9.17, 15) is 4.79 Å². The lowest BCUT2D eigenvalue weighted by atomic mass is 9.46. The van der Waals surface area contributed by atoms with E-state index in [1.165, 1.54) is 7.17 Å². The van der Waals surface area contributed by atoms with Crippen LogP contribution in [0.4, 0.5) is 0 Å². The van der Waals surface area contributed by atoms with Crippen LogP contribution in [0.15, 0.2) is 0 Å². The van der Waals surface area contributed by atoms with Crippen LogP contribution in [0.25, 0.3) is 0 Å². The Morgan fingerprint density at radius 2 is 1.71 bits per heavy atom. The predicted octanol–water partition coefficient (Wildman–Crippen LogP) is 1.34. The number of Topliss-reactive ketones (excluding diaryl/α,β-unsaturated/α-hetero) is 1. The fourth-order valence-corrected chi connectivity index (χ4v) is 3.00. The average molecular weight is 287 g/mol. The molecular formula is C15H30B3N2O. The zero-order valence-electron chi connectivity index (χ0n) is 14.6. The Labute approximate surface area is 134 Å². The molecule has 0 saturated carbocycles. The Kier molecular flexibility index (Phi) is 8.34. The summed E-state index contributed by atoms with van der Waals surface area (Å²) < 4.78 is 0. The van der Waals surface area contributed by atoms with Crippen LogP contribution in [0.3, 0.4) is 0 Å². The van der Waals surface area contributed by atoms with Crippen molar-refractivity contribution in [3.63, 3.8) is 0 Å². The highest BCUT2D eigenvalue weighted by Crippen LogP contribution is 2.37. The molecule has 3 nitrogen and oxygen atoms in total. The minimum atomic E-state index is -0.561. The third-order valence-corrected chi connectivity index (χ3v) is 5.29. The molecule has 0 amide bonds. The SMILES string of the molecule is [B][B]C(NC(C)(CC)C([B])N)C(=O)C(CC)(CC)C(C)C. The van der Waals surface area contributed by atoms with Crippen molar-refractivity contribution in [3.8, 4) is 0 Å². The summed E-state index contributed by atoms with van der Waals surface area (Å²) in [5.74, 6) is -0.713. The normalized spacial score (nSPS) is 18.1. The third kappa shape index (κ3) is 4.38. The van der Waals surface area contributed by atoms with Crippen molar-refractivity contribution in [1.29, 1.82) is 0 Å². The molecule has 0 aromatic rings. The first-order valence-electron chi connectivity index (χ1n) is 8.03. The van der Waals surface area contributed by atoms with Crippen LogP contribution < -0.4 is 11.1 Å². The molecule has 0 rings (SSSR count). The van der Waals surface area contributed by atoms with E-state index in [0.29, 0.717) is 0 Å². The molecule has 0 fully saturated rings. The number of nitrogens with two attached hydrogens (primary N) is 1. The Balaban J connectivity index is 5.40. The molecule has 3 unspecified atom stereocenters. The fraction of sp³-hybridized carbons (Fsp3) is 0.933. The largest absolute Gasteiger partial charge is 0.334 e. The summed E-state index contributed by atoms with van der Waals surface area (Å²) in [5, 5.41) is 3.28. The number of hydrogen-bond donors (Lipinski definition) is 2. The van der Waals surface area contributed by atoms with Crippen LogP contribution in [-0.4, -0.2) is 46.0 Å². The number of ketones is 1. The van der Waals surface area contributed by atoms with Crippen molar-refractivity contribution < 1.29 is 4.79 Å². The predicted molar refractivity (Wildman–Crippen MR) is 93.7 cm³/mol. The highest BCUT2D eigenvalue weighted by atomic mass is 16.1. The topological polar surface area (TPSA) is 55.1 Å². The summed E-state index contributed by atoms with van der Waals surface area (Å²) in [7, 11) is 13.1. The highest BCUT2D eigenvalue weighted by molar-refractivity contribution is 6.92. The van der Waals surface area contributed by atoms with E-state index in [1.54, 1.807) is 0 Å². The first-order chi connectivity index (χ1) is 9.65.